The first-order valence-corrected chi connectivity index (χ1v) is 9.22. The van der Waals surface area contributed by atoms with Gasteiger partial charge in [-0.25, -0.2) is 0 Å². The lowest BCUT2D eigenvalue weighted by molar-refractivity contribution is 1.51. The van der Waals surface area contributed by atoms with Crippen LogP contribution in [0.5, 0.6) is 0 Å². The van der Waals surface area contributed by atoms with Gasteiger partial charge in [0.1, 0.15) is 0 Å². The highest BCUT2D eigenvalue weighted by Gasteiger charge is 2.01. The van der Waals surface area contributed by atoms with E-state index in [4.69, 9.17) is 0 Å². The average molecular weight is 168 g/mol. The fourth-order valence-electron chi connectivity index (χ4n) is 0.498. The van der Waals surface area contributed by atoms with E-state index < -0.39 is 0 Å². The van der Waals surface area contributed by atoms with Crippen LogP contribution in [-0.2, 0) is 0 Å². The minimum absolute atomic E-state index is 0.0963. The van der Waals surface area contributed by atoms with E-state index in [-0.39, 0.29) is 18.1 Å². The van der Waals surface area contributed by atoms with Gasteiger partial charge in [-0.3, -0.25) is 9.48 Å². The Morgan fingerprint density at radius 3 is 2.00 bits per heavy atom. The predicted octanol–water partition coefficient (Wildman–Crippen LogP) is 1.11. The Kier molecular flexibility index (Phi) is 4.29. The van der Waals surface area contributed by atoms with Crippen molar-refractivity contribution >= 4 is 30.8 Å². The van der Waals surface area contributed by atoms with Gasteiger partial charge >= 0.3 is 0 Å². The maximum absolute atomic E-state index is 4.18. The van der Waals surface area contributed by atoms with Gasteiger partial charge in [-0.2, -0.15) is 12.6 Å². The lowest BCUT2D eigenvalue weighted by atomic mass is 11.0. The number of rotatable bonds is 3. The average Bonchev–Trinajstić information content (AvgIpc) is 1.59. The Balaban J connectivity index is 3.11. The van der Waals surface area contributed by atoms with E-state index in [1.807, 2.05) is 0 Å². The summed E-state index contributed by atoms with van der Waals surface area (Å²) >= 11 is 4.18. The van der Waals surface area contributed by atoms with E-state index >= 15 is 0 Å². The summed E-state index contributed by atoms with van der Waals surface area (Å²) in [6.45, 7) is 0. The summed E-state index contributed by atoms with van der Waals surface area (Å²) in [5.41, 5.74) is 0. The minimum atomic E-state index is -0.0963. The van der Waals surface area contributed by atoms with E-state index in [9.17, 15) is 0 Å². The molecule has 0 aliphatic heterocycles. The highest BCUT2D eigenvalue weighted by Crippen LogP contribution is 2.32. The second kappa shape index (κ2) is 3.85. The van der Waals surface area contributed by atoms with Crippen molar-refractivity contribution in [1.82, 2.24) is 0 Å². The Morgan fingerprint density at radius 2 is 1.88 bits per heavy atom. The van der Waals surface area contributed by atoms with Crippen LogP contribution in [0.1, 0.15) is 0 Å². The van der Waals surface area contributed by atoms with Crippen LogP contribution in [0.3, 0.4) is 0 Å². The molecule has 0 spiro atoms. The van der Waals surface area contributed by atoms with Crippen molar-refractivity contribution in [3.05, 3.63) is 0 Å². The minimum Gasteiger partial charge on any atom is -0.267 e. The molecule has 52 valence electrons. The maximum atomic E-state index is 4.18. The number of thiol groups is 1. The lowest BCUT2D eigenvalue weighted by Crippen LogP contribution is -2.02. The number of hydrogen-bond acceptors (Lipinski definition) is 1. The van der Waals surface area contributed by atoms with Gasteiger partial charge in [0, 0.05) is 0 Å². The maximum Gasteiger partial charge on any atom is 0.0654 e. The molecule has 0 radical (unpaired) electrons. The van der Waals surface area contributed by atoms with Crippen LogP contribution in [0.4, 0.5) is 0 Å². The SMILES string of the molecule is CS(C)(C)[SiH2]CCS. The van der Waals surface area contributed by atoms with E-state index in [1.54, 1.807) is 0 Å². The van der Waals surface area contributed by atoms with Gasteiger partial charge in [-0.1, -0.05) is 0 Å². The summed E-state index contributed by atoms with van der Waals surface area (Å²) in [5, 5.41) is 0. The van der Waals surface area contributed by atoms with Gasteiger partial charge in [0.2, 0.25) is 0 Å². The summed E-state index contributed by atoms with van der Waals surface area (Å²) in [5.74, 6) is 1.11. The van der Waals surface area contributed by atoms with E-state index in [0.717, 1.165) is 5.75 Å². The van der Waals surface area contributed by atoms with Crippen molar-refractivity contribution in [2.75, 3.05) is 24.5 Å². The molecule has 0 rings (SSSR count). The van der Waals surface area contributed by atoms with Gasteiger partial charge in [-0.15, -0.1) is 0 Å². The Hall–Kier alpha value is 0.917. The highest BCUT2D eigenvalue weighted by atomic mass is 32.4. The van der Waals surface area contributed by atoms with Crippen LogP contribution in [0.2, 0.25) is 6.04 Å². The van der Waals surface area contributed by atoms with Crippen molar-refractivity contribution < 1.29 is 0 Å². The van der Waals surface area contributed by atoms with E-state index in [1.165, 1.54) is 6.04 Å². The second-order valence-electron chi connectivity index (χ2n) is 2.87. The molecule has 0 bridgehead atoms. The van der Waals surface area contributed by atoms with Gasteiger partial charge in [0.15, 0.2) is 0 Å². The first kappa shape index (κ1) is 8.92. The third kappa shape index (κ3) is 6.92. The summed E-state index contributed by atoms with van der Waals surface area (Å²) in [6.07, 6.45) is 7.22. The zero-order chi connectivity index (χ0) is 6.62. The topological polar surface area (TPSA) is 0 Å². The quantitative estimate of drug-likeness (QED) is 0.474. The highest BCUT2D eigenvalue weighted by molar-refractivity contribution is 8.50. The molecule has 0 saturated carbocycles. The first-order valence-electron chi connectivity index (χ1n) is 2.83. The molecule has 0 aromatic rings. The van der Waals surface area contributed by atoms with Crippen LogP contribution in [0.15, 0.2) is 0 Å². The van der Waals surface area contributed by atoms with Crippen molar-refractivity contribution in [3.63, 3.8) is 0 Å². The summed E-state index contributed by atoms with van der Waals surface area (Å²) in [7, 11) is 0.160. The summed E-state index contributed by atoms with van der Waals surface area (Å²) in [6, 6.07) is 1.42. The van der Waals surface area contributed by atoms with Crippen LogP contribution in [0, 0.1) is 0 Å². The van der Waals surface area contributed by atoms with Crippen molar-refractivity contribution in [2.24, 2.45) is 0 Å². The van der Waals surface area contributed by atoms with E-state index in [2.05, 4.69) is 31.4 Å². The van der Waals surface area contributed by atoms with Gasteiger partial charge < -0.3 is 0 Å². The molecule has 3 heteroatoms. The molecular formula is C5H16S2Si. The van der Waals surface area contributed by atoms with E-state index in [0.29, 0.717) is 0 Å². The molecule has 0 heterocycles. The molecule has 0 aliphatic rings. The van der Waals surface area contributed by atoms with Crippen molar-refractivity contribution in [3.8, 4) is 0 Å². The predicted molar refractivity (Wildman–Crippen MR) is 52.6 cm³/mol. The zero-order valence-electron chi connectivity index (χ0n) is 5.98. The molecule has 0 aromatic carbocycles. The van der Waals surface area contributed by atoms with Gasteiger partial charge in [-0.05, 0) is 30.6 Å². The molecule has 0 aliphatic carbocycles. The van der Waals surface area contributed by atoms with Crippen molar-refractivity contribution in [1.29, 1.82) is 0 Å². The molecule has 0 aromatic heterocycles. The Bertz CT molecular complexity index is 57.9. The molecule has 0 amide bonds. The molecule has 0 saturated heterocycles. The largest absolute Gasteiger partial charge is 0.267 e. The first-order chi connectivity index (χ1) is 3.56. The Labute approximate surface area is 61.6 Å². The smallest absolute Gasteiger partial charge is 0.0654 e. The summed E-state index contributed by atoms with van der Waals surface area (Å²) in [4.78, 5) is 0. The fraction of sp³-hybridized carbons (Fsp3) is 1.00. The second-order valence-corrected chi connectivity index (χ2v) is 15.0. The van der Waals surface area contributed by atoms with Crippen LogP contribution in [-0.4, -0.2) is 33.2 Å². The third-order valence-corrected chi connectivity index (χ3v) is 8.23. The monoisotopic (exact) mass is 168 g/mol. The molecule has 0 unspecified atom stereocenters. The van der Waals surface area contributed by atoms with Crippen LogP contribution >= 0.6 is 22.1 Å². The molecule has 0 fully saturated rings. The Morgan fingerprint density at radius 1 is 1.38 bits per heavy atom. The normalized spacial score (nSPS) is 15.5. The third-order valence-electron chi connectivity index (χ3n) is 0.915. The molecule has 0 atom stereocenters. The van der Waals surface area contributed by atoms with Crippen LogP contribution < -0.4 is 0 Å². The zero-order valence-corrected chi connectivity index (χ0v) is 9.10. The molecule has 0 N–H and O–H groups in total. The molecule has 0 nitrogen and oxygen atoms in total. The fourth-order valence-corrected chi connectivity index (χ4v) is 5.64. The summed E-state index contributed by atoms with van der Waals surface area (Å²) < 4.78 is 0. The number of hydrogen-bond donors (Lipinski definition) is 1. The van der Waals surface area contributed by atoms with Crippen molar-refractivity contribution in [2.45, 2.75) is 6.04 Å². The lowest BCUT2D eigenvalue weighted by Gasteiger charge is -2.23. The van der Waals surface area contributed by atoms with Gasteiger partial charge in [0.05, 0.1) is 8.67 Å². The standard InChI is InChI=1S/C5H16S2Si/c1-7(2,3)8-5-4-6/h6H,4-5,8H2,1-3H3. The molecule has 8 heavy (non-hydrogen) atoms. The van der Waals surface area contributed by atoms with Gasteiger partial charge in [0.25, 0.3) is 0 Å². The molecular weight excluding hydrogens is 152 g/mol. The van der Waals surface area contributed by atoms with Crippen LogP contribution in [0.25, 0.3) is 0 Å².